The Bertz CT molecular complexity index is 617. The molecule has 2 aromatic rings. The van der Waals surface area contributed by atoms with Gasteiger partial charge in [0.05, 0.1) is 5.54 Å². The summed E-state index contributed by atoms with van der Waals surface area (Å²) in [5, 5.41) is 3.92. The lowest BCUT2D eigenvalue weighted by Gasteiger charge is -2.24. The van der Waals surface area contributed by atoms with E-state index >= 15 is 0 Å². The van der Waals surface area contributed by atoms with Crippen molar-refractivity contribution in [2.24, 2.45) is 5.73 Å². The quantitative estimate of drug-likeness (QED) is 0.835. The van der Waals surface area contributed by atoms with Crippen molar-refractivity contribution in [3.63, 3.8) is 0 Å². The molecule has 0 bridgehead atoms. The lowest BCUT2D eigenvalue weighted by molar-refractivity contribution is -0.123. The first kappa shape index (κ1) is 21.9. The summed E-state index contributed by atoms with van der Waals surface area (Å²) in [7, 11) is 0. The normalized spacial score (nSPS) is 11.8. The Labute approximate surface area is 153 Å². The van der Waals surface area contributed by atoms with E-state index in [9.17, 15) is 4.79 Å². The highest BCUT2D eigenvalue weighted by molar-refractivity contribution is 7.11. The predicted molar refractivity (Wildman–Crippen MR) is 101 cm³/mol. The standard InChI is InChI=1S/C16H21N3OS.2ClH/c1-11-10-18-15(21-11)16(2,3)19-14(20)9-13(17)12-7-5-4-6-8-12;;/h4-8,10,13H,9,17H2,1-3H3,(H,19,20);2*1H. The number of amides is 1. The number of hydrogen-bond acceptors (Lipinski definition) is 4. The Morgan fingerprint density at radius 3 is 2.43 bits per heavy atom. The Kier molecular flexibility index (Phi) is 8.77. The second-order valence-corrected chi connectivity index (χ2v) is 6.91. The summed E-state index contributed by atoms with van der Waals surface area (Å²) < 4.78 is 0. The van der Waals surface area contributed by atoms with Crippen LogP contribution >= 0.6 is 36.2 Å². The predicted octanol–water partition coefficient (Wildman–Crippen LogP) is 3.74. The largest absolute Gasteiger partial charge is 0.345 e. The molecule has 1 aromatic heterocycles. The molecule has 4 nitrogen and oxygen atoms in total. The van der Waals surface area contributed by atoms with Gasteiger partial charge in [0.2, 0.25) is 5.91 Å². The minimum absolute atomic E-state index is 0. The highest BCUT2D eigenvalue weighted by Gasteiger charge is 2.26. The third-order valence-corrected chi connectivity index (χ3v) is 4.48. The summed E-state index contributed by atoms with van der Waals surface area (Å²) in [6.45, 7) is 5.92. The minimum Gasteiger partial charge on any atom is -0.345 e. The molecule has 3 N–H and O–H groups in total. The summed E-state index contributed by atoms with van der Waals surface area (Å²) in [5.74, 6) is -0.0655. The van der Waals surface area contributed by atoms with Crippen LogP contribution in [0.15, 0.2) is 36.5 Å². The second kappa shape index (κ2) is 9.23. The Morgan fingerprint density at radius 1 is 1.30 bits per heavy atom. The van der Waals surface area contributed by atoms with Gasteiger partial charge in [-0.25, -0.2) is 4.98 Å². The summed E-state index contributed by atoms with van der Waals surface area (Å²) in [5.41, 5.74) is 6.57. The van der Waals surface area contributed by atoms with E-state index in [4.69, 9.17) is 5.73 Å². The SMILES string of the molecule is Cc1cnc(C(C)(C)NC(=O)CC(N)c2ccccc2)s1.Cl.Cl. The highest BCUT2D eigenvalue weighted by atomic mass is 35.5. The van der Waals surface area contributed by atoms with E-state index in [1.165, 1.54) is 0 Å². The zero-order valence-corrected chi connectivity index (χ0v) is 15.9. The molecule has 0 saturated heterocycles. The van der Waals surface area contributed by atoms with Crippen molar-refractivity contribution in [2.45, 2.75) is 38.8 Å². The number of rotatable bonds is 5. The number of nitrogens with zero attached hydrogens (tertiary/aromatic N) is 1. The van der Waals surface area contributed by atoms with Crippen LogP contribution in [0.3, 0.4) is 0 Å². The molecular weight excluding hydrogens is 353 g/mol. The number of carbonyl (C=O) groups is 1. The van der Waals surface area contributed by atoms with Crippen LogP contribution in [0.25, 0.3) is 0 Å². The van der Waals surface area contributed by atoms with Gasteiger partial charge < -0.3 is 11.1 Å². The molecule has 0 aliphatic rings. The van der Waals surface area contributed by atoms with Crippen molar-refractivity contribution in [1.29, 1.82) is 0 Å². The molecule has 1 heterocycles. The molecule has 0 spiro atoms. The molecule has 0 fully saturated rings. The number of aryl methyl sites for hydroxylation is 1. The molecule has 2 rings (SSSR count). The van der Waals surface area contributed by atoms with E-state index in [2.05, 4.69) is 10.3 Å². The molecule has 1 unspecified atom stereocenters. The van der Waals surface area contributed by atoms with Crippen molar-refractivity contribution in [3.05, 3.63) is 52.0 Å². The fourth-order valence-corrected chi connectivity index (χ4v) is 2.94. The maximum atomic E-state index is 12.2. The number of benzene rings is 1. The average molecular weight is 376 g/mol. The number of aromatic nitrogens is 1. The maximum Gasteiger partial charge on any atom is 0.222 e. The van der Waals surface area contributed by atoms with Gasteiger partial charge in [0.15, 0.2) is 0 Å². The van der Waals surface area contributed by atoms with Crippen molar-refractivity contribution in [3.8, 4) is 0 Å². The van der Waals surface area contributed by atoms with Crippen molar-refractivity contribution >= 4 is 42.1 Å². The lowest BCUT2D eigenvalue weighted by Crippen LogP contribution is -2.41. The van der Waals surface area contributed by atoms with Crippen molar-refractivity contribution in [2.75, 3.05) is 0 Å². The molecule has 1 amide bonds. The number of carbonyl (C=O) groups excluding carboxylic acids is 1. The molecule has 0 aliphatic carbocycles. The minimum atomic E-state index is -0.480. The van der Waals surface area contributed by atoms with Gasteiger partial charge in [-0.15, -0.1) is 36.2 Å². The fraction of sp³-hybridized carbons (Fsp3) is 0.375. The van der Waals surface area contributed by atoms with E-state index in [-0.39, 0.29) is 43.2 Å². The molecule has 128 valence electrons. The zero-order chi connectivity index (χ0) is 15.5. The van der Waals surface area contributed by atoms with E-state index in [1.54, 1.807) is 11.3 Å². The monoisotopic (exact) mass is 375 g/mol. The van der Waals surface area contributed by atoms with Gasteiger partial charge in [0, 0.05) is 23.5 Å². The molecule has 0 saturated carbocycles. The number of nitrogens with two attached hydrogens (primary N) is 1. The third-order valence-electron chi connectivity index (χ3n) is 3.24. The van der Waals surface area contributed by atoms with E-state index < -0.39 is 5.54 Å². The summed E-state index contributed by atoms with van der Waals surface area (Å²) in [4.78, 5) is 17.7. The Morgan fingerprint density at radius 2 is 1.91 bits per heavy atom. The average Bonchev–Trinajstić information content (AvgIpc) is 2.86. The van der Waals surface area contributed by atoms with Crippen LogP contribution in [0, 0.1) is 6.92 Å². The number of halogens is 2. The van der Waals surface area contributed by atoms with Crippen LogP contribution in [0.4, 0.5) is 0 Å². The van der Waals surface area contributed by atoms with Gasteiger partial charge in [-0.2, -0.15) is 0 Å². The summed E-state index contributed by atoms with van der Waals surface area (Å²) in [6, 6.07) is 9.37. The lowest BCUT2D eigenvalue weighted by atomic mass is 10.0. The number of hydrogen-bond donors (Lipinski definition) is 2. The van der Waals surface area contributed by atoms with Gasteiger partial charge >= 0.3 is 0 Å². The fourth-order valence-electron chi connectivity index (χ4n) is 2.11. The Balaban J connectivity index is 0.00000242. The smallest absolute Gasteiger partial charge is 0.222 e. The number of thiazole rings is 1. The second-order valence-electron chi connectivity index (χ2n) is 5.67. The van der Waals surface area contributed by atoms with Gasteiger partial charge in [0.1, 0.15) is 5.01 Å². The van der Waals surface area contributed by atoms with Gasteiger partial charge in [-0.3, -0.25) is 4.79 Å². The summed E-state index contributed by atoms with van der Waals surface area (Å²) >= 11 is 1.59. The molecule has 0 radical (unpaired) electrons. The highest BCUT2D eigenvalue weighted by Crippen LogP contribution is 2.25. The molecule has 7 heteroatoms. The van der Waals surface area contributed by atoms with E-state index in [0.717, 1.165) is 15.4 Å². The third kappa shape index (κ3) is 6.11. The summed E-state index contributed by atoms with van der Waals surface area (Å²) in [6.07, 6.45) is 2.08. The topological polar surface area (TPSA) is 68.0 Å². The Hall–Kier alpha value is -1.14. The van der Waals surface area contributed by atoms with Crippen molar-refractivity contribution in [1.82, 2.24) is 10.3 Å². The van der Waals surface area contributed by atoms with Crippen molar-refractivity contribution < 1.29 is 4.79 Å². The first-order chi connectivity index (χ1) is 9.88. The zero-order valence-electron chi connectivity index (χ0n) is 13.4. The van der Waals surface area contributed by atoms with Crippen LogP contribution in [0.5, 0.6) is 0 Å². The molecule has 23 heavy (non-hydrogen) atoms. The van der Waals surface area contributed by atoms with E-state index in [1.807, 2.05) is 57.3 Å². The van der Waals surface area contributed by atoms with Gasteiger partial charge in [0.25, 0.3) is 0 Å². The van der Waals surface area contributed by atoms with Gasteiger partial charge in [-0.1, -0.05) is 30.3 Å². The molecule has 1 atom stereocenters. The van der Waals surface area contributed by atoms with Crippen LogP contribution in [0.1, 0.15) is 41.8 Å². The van der Waals surface area contributed by atoms with Crippen LogP contribution in [-0.4, -0.2) is 10.9 Å². The molecule has 1 aromatic carbocycles. The van der Waals surface area contributed by atoms with E-state index in [0.29, 0.717) is 0 Å². The van der Waals surface area contributed by atoms with Crippen LogP contribution < -0.4 is 11.1 Å². The number of nitrogens with one attached hydrogen (secondary N) is 1. The molecular formula is C16H23Cl2N3OS. The van der Waals surface area contributed by atoms with Crippen LogP contribution in [0.2, 0.25) is 0 Å². The maximum absolute atomic E-state index is 12.2. The first-order valence-electron chi connectivity index (χ1n) is 6.93. The van der Waals surface area contributed by atoms with Gasteiger partial charge in [-0.05, 0) is 26.3 Å². The first-order valence-corrected chi connectivity index (χ1v) is 7.74. The molecule has 0 aliphatic heterocycles. The van der Waals surface area contributed by atoms with Crippen LogP contribution in [-0.2, 0) is 10.3 Å².